The summed E-state index contributed by atoms with van der Waals surface area (Å²) in [6, 6.07) is 8.06. The topological polar surface area (TPSA) is 70.4 Å². The molecule has 0 saturated carbocycles. The summed E-state index contributed by atoms with van der Waals surface area (Å²) in [5.41, 5.74) is 7.46. The molecule has 0 spiro atoms. The molecular formula is C14H24N4O. The maximum atomic E-state index is 10.5. The maximum Gasteiger partial charge on any atom is 0.312 e. The molecule has 0 bridgehead atoms. The summed E-state index contributed by atoms with van der Waals surface area (Å²) in [6.45, 7) is 8.40. The second-order valence-electron chi connectivity index (χ2n) is 4.31. The first-order chi connectivity index (χ1) is 9.17. The molecule has 0 heterocycles. The minimum atomic E-state index is -0.481. The zero-order chi connectivity index (χ0) is 14.1. The number of amides is 2. The second kappa shape index (κ2) is 8.37. The van der Waals surface area contributed by atoms with E-state index in [0.717, 1.165) is 19.6 Å². The van der Waals surface area contributed by atoms with E-state index in [9.17, 15) is 4.79 Å². The number of nitrogens with zero attached hydrogens (tertiary/aromatic N) is 1. The summed E-state index contributed by atoms with van der Waals surface area (Å²) in [7, 11) is 0. The standard InChI is InChI=1S/C14H24N4O/c1-3-18(4-2)13-7-5-12(6-8-13)11-16-9-10-17-14(15)19/h5-8,16H,3-4,9-11H2,1-2H3,(H3,15,17,19). The molecule has 2 amide bonds. The molecule has 4 N–H and O–H groups in total. The number of carbonyl (C=O) groups is 1. The fourth-order valence-corrected chi connectivity index (χ4v) is 1.92. The smallest absolute Gasteiger partial charge is 0.312 e. The zero-order valence-corrected chi connectivity index (χ0v) is 11.8. The average Bonchev–Trinajstić information content (AvgIpc) is 2.41. The first-order valence-electron chi connectivity index (χ1n) is 6.75. The van der Waals surface area contributed by atoms with Crippen molar-refractivity contribution in [3.63, 3.8) is 0 Å². The van der Waals surface area contributed by atoms with Crippen LogP contribution in [0, 0.1) is 0 Å². The quantitative estimate of drug-likeness (QED) is 0.620. The summed E-state index contributed by atoms with van der Waals surface area (Å²) in [4.78, 5) is 12.8. The molecule has 0 aliphatic rings. The third kappa shape index (κ3) is 5.61. The Balaban J connectivity index is 2.34. The molecule has 1 aromatic rings. The zero-order valence-electron chi connectivity index (χ0n) is 11.8. The van der Waals surface area contributed by atoms with Crippen molar-refractivity contribution in [2.24, 2.45) is 5.73 Å². The molecule has 0 aliphatic carbocycles. The normalized spacial score (nSPS) is 10.2. The highest BCUT2D eigenvalue weighted by atomic mass is 16.2. The second-order valence-corrected chi connectivity index (χ2v) is 4.31. The number of hydrogen-bond acceptors (Lipinski definition) is 3. The van der Waals surface area contributed by atoms with Gasteiger partial charge in [0.1, 0.15) is 0 Å². The third-order valence-corrected chi connectivity index (χ3v) is 3.00. The Kier molecular flexibility index (Phi) is 6.74. The van der Waals surface area contributed by atoms with Gasteiger partial charge in [-0.05, 0) is 31.5 Å². The summed E-state index contributed by atoms with van der Waals surface area (Å²) < 4.78 is 0. The number of urea groups is 1. The lowest BCUT2D eigenvalue weighted by Crippen LogP contribution is -2.35. The van der Waals surface area contributed by atoms with Crippen LogP contribution in [0.1, 0.15) is 19.4 Å². The van der Waals surface area contributed by atoms with Gasteiger partial charge in [-0.1, -0.05) is 12.1 Å². The van der Waals surface area contributed by atoms with Crippen LogP contribution >= 0.6 is 0 Å². The van der Waals surface area contributed by atoms with Gasteiger partial charge in [0.2, 0.25) is 0 Å². The van der Waals surface area contributed by atoms with Crippen LogP contribution in [-0.2, 0) is 6.54 Å². The van der Waals surface area contributed by atoms with Gasteiger partial charge in [0.15, 0.2) is 0 Å². The molecule has 0 aromatic heterocycles. The van der Waals surface area contributed by atoms with Gasteiger partial charge in [0.25, 0.3) is 0 Å². The number of anilines is 1. The lowest BCUT2D eigenvalue weighted by atomic mass is 10.2. The molecule has 1 aromatic carbocycles. The van der Waals surface area contributed by atoms with Gasteiger partial charge in [-0.15, -0.1) is 0 Å². The van der Waals surface area contributed by atoms with Crippen LogP contribution in [0.15, 0.2) is 24.3 Å². The molecule has 0 atom stereocenters. The van der Waals surface area contributed by atoms with Crippen molar-refractivity contribution in [1.82, 2.24) is 10.6 Å². The van der Waals surface area contributed by atoms with Gasteiger partial charge in [-0.3, -0.25) is 0 Å². The highest BCUT2D eigenvalue weighted by Gasteiger charge is 2.01. The van der Waals surface area contributed by atoms with Gasteiger partial charge in [0.05, 0.1) is 0 Å². The molecule has 106 valence electrons. The first-order valence-corrected chi connectivity index (χ1v) is 6.75. The SMILES string of the molecule is CCN(CC)c1ccc(CNCCNC(N)=O)cc1. The third-order valence-electron chi connectivity index (χ3n) is 3.00. The van der Waals surface area contributed by atoms with E-state index in [-0.39, 0.29) is 0 Å². The molecule has 5 heteroatoms. The monoisotopic (exact) mass is 264 g/mol. The van der Waals surface area contributed by atoms with E-state index in [1.165, 1.54) is 11.3 Å². The van der Waals surface area contributed by atoms with Crippen molar-refractivity contribution in [3.8, 4) is 0 Å². The van der Waals surface area contributed by atoms with Crippen LogP contribution in [0.3, 0.4) is 0 Å². The predicted octanol–water partition coefficient (Wildman–Crippen LogP) is 1.29. The van der Waals surface area contributed by atoms with E-state index < -0.39 is 6.03 Å². The Morgan fingerprint density at radius 1 is 1.16 bits per heavy atom. The van der Waals surface area contributed by atoms with Crippen LogP contribution < -0.4 is 21.3 Å². The minimum absolute atomic E-state index is 0.481. The number of hydrogen-bond donors (Lipinski definition) is 3. The summed E-state index contributed by atoms with van der Waals surface area (Å²) in [6.07, 6.45) is 0. The molecule has 1 rings (SSSR count). The number of benzene rings is 1. The maximum absolute atomic E-state index is 10.5. The van der Waals surface area contributed by atoms with Crippen molar-refractivity contribution >= 4 is 11.7 Å². The van der Waals surface area contributed by atoms with Gasteiger partial charge >= 0.3 is 6.03 Å². The van der Waals surface area contributed by atoms with Gasteiger partial charge < -0.3 is 21.3 Å². The van der Waals surface area contributed by atoms with E-state index in [1.54, 1.807) is 0 Å². The fourth-order valence-electron chi connectivity index (χ4n) is 1.92. The Hall–Kier alpha value is -1.75. The lowest BCUT2D eigenvalue weighted by Gasteiger charge is -2.21. The van der Waals surface area contributed by atoms with E-state index in [1.807, 2.05) is 0 Å². The van der Waals surface area contributed by atoms with Gasteiger partial charge in [-0.25, -0.2) is 4.79 Å². The van der Waals surface area contributed by atoms with Gasteiger partial charge in [-0.2, -0.15) is 0 Å². The Morgan fingerprint density at radius 2 is 1.79 bits per heavy atom. The summed E-state index contributed by atoms with van der Waals surface area (Å²) >= 11 is 0. The Labute approximate surface area is 115 Å². The highest BCUT2D eigenvalue weighted by Crippen LogP contribution is 2.14. The van der Waals surface area contributed by atoms with E-state index >= 15 is 0 Å². The van der Waals surface area contributed by atoms with E-state index in [2.05, 4.69) is 53.6 Å². The van der Waals surface area contributed by atoms with Crippen LogP contribution in [0.2, 0.25) is 0 Å². The van der Waals surface area contributed by atoms with Crippen molar-refractivity contribution < 1.29 is 4.79 Å². The van der Waals surface area contributed by atoms with Crippen molar-refractivity contribution in [1.29, 1.82) is 0 Å². The molecule has 0 aliphatic heterocycles. The first kappa shape index (κ1) is 15.3. The van der Waals surface area contributed by atoms with E-state index in [4.69, 9.17) is 5.73 Å². The van der Waals surface area contributed by atoms with Gasteiger partial charge in [0, 0.05) is 38.4 Å². The number of primary amides is 1. The number of carbonyl (C=O) groups excluding carboxylic acids is 1. The van der Waals surface area contributed by atoms with E-state index in [0.29, 0.717) is 13.1 Å². The molecule has 0 radical (unpaired) electrons. The molecule has 0 saturated heterocycles. The number of rotatable bonds is 8. The molecular weight excluding hydrogens is 240 g/mol. The van der Waals surface area contributed by atoms with Crippen LogP contribution in [0.4, 0.5) is 10.5 Å². The van der Waals surface area contributed by atoms with Crippen molar-refractivity contribution in [2.45, 2.75) is 20.4 Å². The van der Waals surface area contributed by atoms with Crippen molar-refractivity contribution in [3.05, 3.63) is 29.8 Å². The molecule has 19 heavy (non-hydrogen) atoms. The molecule has 0 unspecified atom stereocenters. The Morgan fingerprint density at radius 3 is 2.32 bits per heavy atom. The fraction of sp³-hybridized carbons (Fsp3) is 0.500. The number of nitrogens with two attached hydrogens (primary N) is 1. The summed E-state index contributed by atoms with van der Waals surface area (Å²) in [5, 5.41) is 5.79. The van der Waals surface area contributed by atoms with Crippen molar-refractivity contribution in [2.75, 3.05) is 31.1 Å². The minimum Gasteiger partial charge on any atom is -0.372 e. The average molecular weight is 264 g/mol. The largest absolute Gasteiger partial charge is 0.372 e. The predicted molar refractivity (Wildman–Crippen MR) is 79.3 cm³/mol. The summed E-state index contributed by atoms with van der Waals surface area (Å²) in [5.74, 6) is 0. The molecule has 0 fully saturated rings. The van der Waals surface area contributed by atoms with Crippen LogP contribution in [0.25, 0.3) is 0 Å². The lowest BCUT2D eigenvalue weighted by molar-refractivity contribution is 0.249. The van der Waals surface area contributed by atoms with Crippen LogP contribution in [-0.4, -0.2) is 32.2 Å². The van der Waals surface area contributed by atoms with Crippen LogP contribution in [0.5, 0.6) is 0 Å². The Bertz CT molecular complexity index is 374. The highest BCUT2D eigenvalue weighted by molar-refractivity contribution is 5.71. The molecule has 5 nitrogen and oxygen atoms in total. The number of nitrogens with one attached hydrogen (secondary N) is 2.